The topological polar surface area (TPSA) is 102 Å². The van der Waals surface area contributed by atoms with Crippen molar-refractivity contribution in [3.05, 3.63) is 60.2 Å². The lowest BCUT2D eigenvalue weighted by molar-refractivity contribution is 0.0322. The molecule has 3 aliphatic rings. The molecule has 0 spiro atoms. The van der Waals surface area contributed by atoms with Crippen LogP contribution in [0.15, 0.2) is 53.1 Å². The second-order valence-electron chi connectivity index (χ2n) is 10.9. The number of aromatic nitrogens is 1. The molecule has 1 unspecified atom stereocenters. The number of amides is 1. The van der Waals surface area contributed by atoms with Gasteiger partial charge in [-0.3, -0.25) is 19.6 Å². The van der Waals surface area contributed by atoms with Gasteiger partial charge in [-0.1, -0.05) is 6.07 Å². The van der Waals surface area contributed by atoms with E-state index in [0.29, 0.717) is 37.0 Å². The Kier molecular flexibility index (Phi) is 9.19. The molecule has 1 atom stereocenters. The van der Waals surface area contributed by atoms with Gasteiger partial charge in [0, 0.05) is 51.4 Å². The van der Waals surface area contributed by atoms with Gasteiger partial charge >= 0.3 is 0 Å². The Morgan fingerprint density at radius 2 is 1.88 bits per heavy atom. The lowest BCUT2D eigenvalue weighted by Crippen LogP contribution is -2.43. The summed E-state index contributed by atoms with van der Waals surface area (Å²) in [4.78, 5) is 24.4. The largest absolute Gasteiger partial charge is 0.491 e. The summed E-state index contributed by atoms with van der Waals surface area (Å²) >= 11 is 0. The fourth-order valence-corrected chi connectivity index (χ4v) is 5.28. The number of hydrogen-bond acceptors (Lipinski definition) is 10. The van der Waals surface area contributed by atoms with Gasteiger partial charge in [-0.15, -0.1) is 0 Å². The molecular weight excluding hydrogens is 538 g/mol. The van der Waals surface area contributed by atoms with E-state index in [2.05, 4.69) is 32.0 Å². The SMILES string of the molecule is CN1CCN(Cc2ccc(C(=O)NCC3COc4cccc(-c5ccc(OCCN6CCOCC6)cn5)c4O3)o2)CC1. The van der Waals surface area contributed by atoms with E-state index < -0.39 is 0 Å². The van der Waals surface area contributed by atoms with Crippen molar-refractivity contribution in [2.75, 3.05) is 85.8 Å². The van der Waals surface area contributed by atoms with Crippen molar-refractivity contribution in [2.24, 2.45) is 0 Å². The molecule has 11 nitrogen and oxygen atoms in total. The summed E-state index contributed by atoms with van der Waals surface area (Å²) < 4.78 is 29.5. The number of nitrogens with zero attached hydrogens (tertiary/aromatic N) is 4. The minimum absolute atomic E-state index is 0.270. The zero-order valence-electron chi connectivity index (χ0n) is 24.1. The van der Waals surface area contributed by atoms with Gasteiger partial charge in [0.2, 0.25) is 0 Å². The molecule has 0 bridgehead atoms. The average Bonchev–Trinajstić information content (AvgIpc) is 3.50. The second-order valence-corrected chi connectivity index (χ2v) is 10.9. The first-order valence-electron chi connectivity index (χ1n) is 14.7. The Bertz CT molecular complexity index is 1320. The summed E-state index contributed by atoms with van der Waals surface area (Å²) in [6.45, 7) is 10.3. The van der Waals surface area contributed by atoms with E-state index in [0.717, 1.165) is 81.8 Å². The number of morpholine rings is 1. The molecule has 2 fully saturated rings. The first kappa shape index (κ1) is 28.5. The van der Waals surface area contributed by atoms with E-state index in [1.54, 1.807) is 12.3 Å². The molecule has 224 valence electrons. The van der Waals surface area contributed by atoms with Crippen molar-refractivity contribution in [3.8, 4) is 28.5 Å². The molecule has 5 heterocycles. The molecule has 1 amide bonds. The van der Waals surface area contributed by atoms with Crippen LogP contribution >= 0.6 is 0 Å². The van der Waals surface area contributed by atoms with Gasteiger partial charge in [0.25, 0.3) is 5.91 Å². The highest BCUT2D eigenvalue weighted by molar-refractivity contribution is 5.91. The maximum atomic E-state index is 12.8. The van der Waals surface area contributed by atoms with Crippen molar-refractivity contribution in [1.82, 2.24) is 25.0 Å². The van der Waals surface area contributed by atoms with E-state index in [4.69, 9.17) is 23.4 Å². The number of carbonyl (C=O) groups is 1. The standard InChI is InChI=1S/C31H39N5O6/c1-34-9-11-36(12-10-34)21-24-6-8-29(41-24)31(37)33-20-25-22-40-28-4-2-3-26(30(28)42-25)27-7-5-23(19-32-27)39-18-15-35-13-16-38-17-14-35/h2-8,19,25H,9-18,20-22H2,1H3,(H,33,37). The normalized spacial score (nSPS) is 19.9. The fraction of sp³-hybridized carbons (Fsp3) is 0.484. The van der Waals surface area contributed by atoms with Crippen molar-refractivity contribution in [1.29, 1.82) is 0 Å². The maximum absolute atomic E-state index is 12.8. The van der Waals surface area contributed by atoms with Crippen LogP contribution < -0.4 is 19.5 Å². The van der Waals surface area contributed by atoms with Gasteiger partial charge in [0.05, 0.1) is 38.2 Å². The number of rotatable bonds is 10. The highest BCUT2D eigenvalue weighted by Gasteiger charge is 2.26. The van der Waals surface area contributed by atoms with E-state index in [9.17, 15) is 4.79 Å². The highest BCUT2D eigenvalue weighted by Crippen LogP contribution is 2.40. The van der Waals surface area contributed by atoms with Crippen molar-refractivity contribution in [2.45, 2.75) is 12.6 Å². The average molecular weight is 578 g/mol. The lowest BCUT2D eigenvalue weighted by atomic mass is 10.1. The summed E-state index contributed by atoms with van der Waals surface area (Å²) in [5.74, 6) is 2.81. The number of fused-ring (bicyclic) bond motifs is 1. The molecule has 0 saturated carbocycles. The van der Waals surface area contributed by atoms with Crippen LogP contribution in [0, 0.1) is 0 Å². The quantitative estimate of drug-likeness (QED) is 0.387. The lowest BCUT2D eigenvalue weighted by Gasteiger charge is -2.31. The Morgan fingerprint density at radius 1 is 1.02 bits per heavy atom. The third-order valence-electron chi connectivity index (χ3n) is 7.83. The Hall–Kier alpha value is -3.64. The Morgan fingerprint density at radius 3 is 2.69 bits per heavy atom. The number of furan rings is 1. The van der Waals surface area contributed by atoms with Crippen LogP contribution in [0.5, 0.6) is 17.2 Å². The predicted molar refractivity (Wildman–Crippen MR) is 156 cm³/mol. The van der Waals surface area contributed by atoms with Crippen molar-refractivity contribution < 1.29 is 28.2 Å². The third kappa shape index (κ3) is 7.22. The second kappa shape index (κ2) is 13.6. The highest BCUT2D eigenvalue weighted by atomic mass is 16.6. The Balaban J connectivity index is 1.01. The van der Waals surface area contributed by atoms with Crippen molar-refractivity contribution in [3.63, 3.8) is 0 Å². The van der Waals surface area contributed by atoms with Crippen LogP contribution in [0.2, 0.25) is 0 Å². The molecule has 3 aliphatic heterocycles. The molecule has 0 radical (unpaired) electrons. The molecule has 3 aromatic rings. The van der Waals surface area contributed by atoms with Gasteiger partial charge in [-0.25, -0.2) is 0 Å². The smallest absolute Gasteiger partial charge is 0.287 e. The molecule has 6 rings (SSSR count). The summed E-state index contributed by atoms with van der Waals surface area (Å²) in [7, 11) is 2.13. The fourth-order valence-electron chi connectivity index (χ4n) is 5.28. The minimum atomic E-state index is -0.356. The number of piperazine rings is 1. The van der Waals surface area contributed by atoms with Crippen LogP contribution in [0.25, 0.3) is 11.3 Å². The first-order valence-corrected chi connectivity index (χ1v) is 14.7. The van der Waals surface area contributed by atoms with Gasteiger partial charge in [-0.05, 0) is 43.4 Å². The maximum Gasteiger partial charge on any atom is 0.287 e. The number of nitrogens with one attached hydrogen (secondary N) is 1. The summed E-state index contributed by atoms with van der Waals surface area (Å²) in [5, 5.41) is 2.93. The van der Waals surface area contributed by atoms with Gasteiger partial charge in [0.1, 0.15) is 30.8 Å². The predicted octanol–water partition coefficient (Wildman–Crippen LogP) is 2.37. The van der Waals surface area contributed by atoms with Gasteiger partial charge in [-0.2, -0.15) is 0 Å². The molecule has 1 aromatic carbocycles. The zero-order valence-corrected chi connectivity index (χ0v) is 24.1. The van der Waals surface area contributed by atoms with E-state index in [-0.39, 0.29) is 18.6 Å². The zero-order chi connectivity index (χ0) is 28.7. The number of benzene rings is 1. The molecule has 1 N–H and O–H groups in total. The molecule has 2 aromatic heterocycles. The van der Waals surface area contributed by atoms with Crippen LogP contribution in [-0.2, 0) is 11.3 Å². The van der Waals surface area contributed by atoms with Crippen LogP contribution in [0.4, 0.5) is 0 Å². The van der Waals surface area contributed by atoms with Crippen molar-refractivity contribution >= 4 is 5.91 Å². The third-order valence-corrected chi connectivity index (χ3v) is 7.83. The molecule has 0 aliphatic carbocycles. The molecule has 42 heavy (non-hydrogen) atoms. The van der Waals surface area contributed by atoms with Crippen LogP contribution in [0.1, 0.15) is 16.3 Å². The number of hydrogen-bond donors (Lipinski definition) is 1. The number of carbonyl (C=O) groups excluding carboxylic acids is 1. The molecule has 11 heteroatoms. The van der Waals surface area contributed by atoms with Gasteiger partial charge < -0.3 is 33.6 Å². The number of para-hydroxylation sites is 1. The summed E-state index contributed by atoms with van der Waals surface area (Å²) in [6.07, 6.45) is 1.38. The summed E-state index contributed by atoms with van der Waals surface area (Å²) in [6, 6.07) is 13.2. The summed E-state index contributed by atoms with van der Waals surface area (Å²) in [5.41, 5.74) is 1.58. The first-order chi connectivity index (χ1) is 20.6. The molecule has 2 saturated heterocycles. The van der Waals surface area contributed by atoms with E-state index in [1.165, 1.54) is 0 Å². The number of likely N-dealkylation sites (N-methyl/N-ethyl adjacent to an activating group) is 1. The van der Waals surface area contributed by atoms with Crippen LogP contribution in [-0.4, -0.2) is 118 Å². The monoisotopic (exact) mass is 577 g/mol. The van der Waals surface area contributed by atoms with Crippen LogP contribution in [0.3, 0.4) is 0 Å². The Labute approximate surface area is 246 Å². The van der Waals surface area contributed by atoms with E-state index in [1.807, 2.05) is 36.4 Å². The van der Waals surface area contributed by atoms with Gasteiger partial charge in [0.15, 0.2) is 17.3 Å². The number of pyridine rings is 1. The molecular formula is C31H39N5O6. The van der Waals surface area contributed by atoms with E-state index >= 15 is 0 Å². The number of ether oxygens (including phenoxy) is 4. The minimum Gasteiger partial charge on any atom is -0.491 e.